The fourth-order valence-electron chi connectivity index (χ4n) is 3.06. The number of guanidine groups is 1. The highest BCUT2D eigenvalue weighted by Gasteiger charge is 2.29. The second kappa shape index (κ2) is 13.2. The highest BCUT2D eigenvalue weighted by molar-refractivity contribution is 14.0. The Hall–Kier alpha value is -1.06. The molecule has 0 amide bonds. The van der Waals surface area contributed by atoms with Gasteiger partial charge in [0, 0.05) is 57.9 Å². The summed E-state index contributed by atoms with van der Waals surface area (Å²) in [4.78, 5) is 6.95. The first-order chi connectivity index (χ1) is 12.7. The Morgan fingerprint density at radius 1 is 1.19 bits per heavy atom. The molecule has 0 aliphatic carbocycles. The normalized spacial score (nSPS) is 16.3. The lowest BCUT2D eigenvalue weighted by atomic mass is 9.95. The van der Waals surface area contributed by atoms with Crippen molar-refractivity contribution in [2.75, 3.05) is 50.8 Å². The van der Waals surface area contributed by atoms with E-state index in [9.17, 15) is 5.11 Å². The molecule has 0 unspecified atom stereocenters. The van der Waals surface area contributed by atoms with Crippen molar-refractivity contribution in [1.82, 2.24) is 10.6 Å². The lowest BCUT2D eigenvalue weighted by molar-refractivity contribution is -0.0565. The molecule has 0 bridgehead atoms. The number of benzene rings is 1. The van der Waals surface area contributed by atoms with E-state index in [4.69, 9.17) is 4.74 Å². The number of halogens is 1. The van der Waals surface area contributed by atoms with Crippen molar-refractivity contribution >= 4 is 35.6 Å². The van der Waals surface area contributed by atoms with Gasteiger partial charge >= 0.3 is 0 Å². The molecule has 2 rings (SSSR count). The van der Waals surface area contributed by atoms with Gasteiger partial charge in [-0.1, -0.05) is 18.2 Å². The van der Waals surface area contributed by atoms with Gasteiger partial charge in [0.15, 0.2) is 5.96 Å². The minimum absolute atomic E-state index is 0. The first-order valence-electron chi connectivity index (χ1n) is 9.79. The van der Waals surface area contributed by atoms with E-state index in [1.807, 2.05) is 6.07 Å². The van der Waals surface area contributed by atoms with E-state index in [1.165, 1.54) is 5.69 Å². The average molecular weight is 490 g/mol. The zero-order valence-corrected chi connectivity index (χ0v) is 18.9. The van der Waals surface area contributed by atoms with Crippen LogP contribution in [0.4, 0.5) is 5.69 Å². The first-order valence-corrected chi connectivity index (χ1v) is 9.79. The molecule has 27 heavy (non-hydrogen) atoms. The molecule has 1 fully saturated rings. The van der Waals surface area contributed by atoms with E-state index < -0.39 is 5.60 Å². The van der Waals surface area contributed by atoms with Gasteiger partial charge in [0.2, 0.25) is 0 Å². The SMILES string of the molecule is CCNC(=NCC1(O)CCOCC1)NCCCN(CC)c1ccccc1.I. The molecule has 0 spiro atoms. The van der Waals surface area contributed by atoms with Crippen LogP contribution in [-0.2, 0) is 4.74 Å². The molecule has 154 valence electrons. The third kappa shape index (κ3) is 8.66. The zero-order chi connectivity index (χ0) is 18.7. The van der Waals surface area contributed by atoms with Crippen molar-refractivity contribution in [2.45, 2.75) is 38.7 Å². The third-order valence-corrected chi connectivity index (χ3v) is 4.70. The van der Waals surface area contributed by atoms with Gasteiger partial charge in [-0.2, -0.15) is 0 Å². The summed E-state index contributed by atoms with van der Waals surface area (Å²) in [6.45, 7) is 9.51. The van der Waals surface area contributed by atoms with Gasteiger partial charge in [-0.05, 0) is 32.4 Å². The Kier molecular flexibility index (Phi) is 11.7. The van der Waals surface area contributed by atoms with Crippen LogP contribution in [0.15, 0.2) is 35.3 Å². The van der Waals surface area contributed by atoms with Gasteiger partial charge in [-0.25, -0.2) is 0 Å². The van der Waals surface area contributed by atoms with Crippen LogP contribution in [0.2, 0.25) is 0 Å². The van der Waals surface area contributed by atoms with Crippen LogP contribution in [-0.4, -0.2) is 62.6 Å². The van der Waals surface area contributed by atoms with Crippen molar-refractivity contribution in [3.05, 3.63) is 30.3 Å². The maximum Gasteiger partial charge on any atom is 0.191 e. The second-order valence-corrected chi connectivity index (χ2v) is 6.73. The molecule has 1 heterocycles. The van der Waals surface area contributed by atoms with Gasteiger partial charge in [0.25, 0.3) is 0 Å². The molecule has 1 saturated heterocycles. The topological polar surface area (TPSA) is 69.1 Å². The number of aliphatic imine (C=N–C) groups is 1. The fourth-order valence-corrected chi connectivity index (χ4v) is 3.06. The van der Waals surface area contributed by atoms with E-state index in [1.54, 1.807) is 0 Å². The summed E-state index contributed by atoms with van der Waals surface area (Å²) in [6.07, 6.45) is 2.32. The molecule has 3 N–H and O–H groups in total. The number of rotatable bonds is 9. The molecular formula is C20H35IN4O2. The summed E-state index contributed by atoms with van der Waals surface area (Å²) in [5.74, 6) is 0.773. The third-order valence-electron chi connectivity index (χ3n) is 4.70. The van der Waals surface area contributed by atoms with Crippen LogP contribution in [0.3, 0.4) is 0 Å². The van der Waals surface area contributed by atoms with Crippen LogP contribution in [0, 0.1) is 0 Å². The van der Waals surface area contributed by atoms with Crippen molar-refractivity contribution in [3.63, 3.8) is 0 Å². The smallest absolute Gasteiger partial charge is 0.191 e. The molecule has 1 aromatic rings. The van der Waals surface area contributed by atoms with Crippen molar-refractivity contribution in [3.8, 4) is 0 Å². The number of anilines is 1. The van der Waals surface area contributed by atoms with E-state index in [0.717, 1.165) is 38.6 Å². The van der Waals surface area contributed by atoms with Gasteiger partial charge in [-0.15, -0.1) is 24.0 Å². The van der Waals surface area contributed by atoms with Crippen molar-refractivity contribution in [1.29, 1.82) is 0 Å². The van der Waals surface area contributed by atoms with Crippen molar-refractivity contribution in [2.24, 2.45) is 4.99 Å². The number of hydrogen-bond donors (Lipinski definition) is 3. The number of aliphatic hydroxyl groups is 1. The molecule has 0 aromatic heterocycles. The minimum Gasteiger partial charge on any atom is -0.388 e. The maximum absolute atomic E-state index is 10.5. The standard InChI is InChI=1S/C20H34N4O2.HI/c1-3-21-19(23-17-20(25)11-15-26-16-12-20)22-13-8-14-24(4-2)18-9-6-5-7-10-18;/h5-7,9-10,25H,3-4,8,11-17H2,1-2H3,(H2,21,22,23);1H. The average Bonchev–Trinajstić information content (AvgIpc) is 2.67. The Morgan fingerprint density at radius 2 is 1.89 bits per heavy atom. The van der Waals surface area contributed by atoms with Crippen LogP contribution in [0.1, 0.15) is 33.1 Å². The number of ether oxygens (including phenoxy) is 1. The van der Waals surface area contributed by atoms with Crippen LogP contribution in [0.25, 0.3) is 0 Å². The van der Waals surface area contributed by atoms with Crippen LogP contribution in [0.5, 0.6) is 0 Å². The molecule has 0 saturated carbocycles. The van der Waals surface area contributed by atoms with E-state index >= 15 is 0 Å². The van der Waals surface area contributed by atoms with E-state index in [2.05, 4.69) is 58.6 Å². The number of hydrogen-bond acceptors (Lipinski definition) is 4. The molecule has 0 radical (unpaired) electrons. The quantitative estimate of drug-likeness (QED) is 0.215. The van der Waals surface area contributed by atoms with E-state index in [0.29, 0.717) is 32.6 Å². The van der Waals surface area contributed by atoms with Gasteiger partial charge in [0.1, 0.15) is 0 Å². The minimum atomic E-state index is -0.729. The molecule has 0 atom stereocenters. The fraction of sp³-hybridized carbons (Fsp3) is 0.650. The monoisotopic (exact) mass is 490 g/mol. The molecule has 7 heteroatoms. The highest BCUT2D eigenvalue weighted by atomic mass is 127. The summed E-state index contributed by atoms with van der Waals surface area (Å²) in [5, 5.41) is 17.2. The predicted octanol–water partition coefficient (Wildman–Crippen LogP) is 2.62. The Balaban J connectivity index is 0.00000364. The second-order valence-electron chi connectivity index (χ2n) is 6.73. The summed E-state index contributed by atoms with van der Waals surface area (Å²) in [6, 6.07) is 10.5. The molecule has 1 aliphatic rings. The summed E-state index contributed by atoms with van der Waals surface area (Å²) < 4.78 is 5.32. The number of para-hydroxylation sites is 1. The largest absolute Gasteiger partial charge is 0.388 e. The van der Waals surface area contributed by atoms with Gasteiger partial charge in [-0.3, -0.25) is 4.99 Å². The van der Waals surface area contributed by atoms with Gasteiger partial charge < -0.3 is 25.4 Å². The predicted molar refractivity (Wildman–Crippen MR) is 123 cm³/mol. The Labute approximate surface area is 180 Å². The number of nitrogens with zero attached hydrogens (tertiary/aromatic N) is 2. The lowest BCUT2D eigenvalue weighted by Crippen LogP contribution is -2.43. The summed E-state index contributed by atoms with van der Waals surface area (Å²) >= 11 is 0. The summed E-state index contributed by atoms with van der Waals surface area (Å²) in [5.41, 5.74) is 0.532. The Bertz CT molecular complexity index is 536. The number of nitrogens with one attached hydrogen (secondary N) is 2. The molecular weight excluding hydrogens is 455 g/mol. The zero-order valence-electron chi connectivity index (χ0n) is 16.6. The van der Waals surface area contributed by atoms with Crippen molar-refractivity contribution < 1.29 is 9.84 Å². The first kappa shape index (κ1) is 24.0. The van der Waals surface area contributed by atoms with Crippen LogP contribution >= 0.6 is 24.0 Å². The highest BCUT2D eigenvalue weighted by Crippen LogP contribution is 2.20. The maximum atomic E-state index is 10.5. The molecule has 6 nitrogen and oxygen atoms in total. The van der Waals surface area contributed by atoms with E-state index in [-0.39, 0.29) is 24.0 Å². The van der Waals surface area contributed by atoms with Crippen LogP contribution < -0.4 is 15.5 Å². The Morgan fingerprint density at radius 3 is 2.52 bits per heavy atom. The summed E-state index contributed by atoms with van der Waals surface area (Å²) in [7, 11) is 0. The van der Waals surface area contributed by atoms with Gasteiger partial charge in [0.05, 0.1) is 12.1 Å². The molecule has 1 aromatic carbocycles. The lowest BCUT2D eigenvalue weighted by Gasteiger charge is -2.30. The molecule has 1 aliphatic heterocycles.